The summed E-state index contributed by atoms with van der Waals surface area (Å²) in [7, 11) is 0. The van der Waals surface area contributed by atoms with E-state index in [1.807, 2.05) is 24.4 Å². The molecule has 3 heterocycles. The van der Waals surface area contributed by atoms with Crippen molar-refractivity contribution in [3.8, 4) is 10.6 Å². The van der Waals surface area contributed by atoms with E-state index in [2.05, 4.69) is 15.5 Å². The SMILES string of the molecule is Cc1cc(-c2cc(C(=O)OC3CNC4CCCCC4C3)cs2)n[nH]1. The smallest absolute Gasteiger partial charge is 0.339 e. The lowest BCUT2D eigenvalue weighted by molar-refractivity contribution is 0.00868. The Kier molecular flexibility index (Phi) is 4.41. The van der Waals surface area contributed by atoms with Crippen LogP contribution in [0.3, 0.4) is 0 Å². The summed E-state index contributed by atoms with van der Waals surface area (Å²) >= 11 is 1.53. The molecule has 1 saturated carbocycles. The quantitative estimate of drug-likeness (QED) is 0.835. The zero-order valence-electron chi connectivity index (χ0n) is 13.9. The van der Waals surface area contributed by atoms with E-state index in [1.54, 1.807) is 0 Å². The number of fused-ring (bicyclic) bond motifs is 1. The van der Waals surface area contributed by atoms with Crippen LogP contribution in [-0.4, -0.2) is 34.9 Å². The third kappa shape index (κ3) is 3.26. The standard InChI is InChI=1S/C18H23N3O2S/c1-11-6-16(21-20-11)17-8-13(10-24-17)18(22)23-14-7-12-4-2-3-5-15(12)19-9-14/h6,8,10,12,14-15,19H,2-5,7,9H2,1H3,(H,20,21). The van der Waals surface area contributed by atoms with Crippen LogP contribution < -0.4 is 5.32 Å². The van der Waals surface area contributed by atoms with Gasteiger partial charge in [0, 0.05) is 23.7 Å². The van der Waals surface area contributed by atoms with Crippen molar-refractivity contribution in [1.82, 2.24) is 15.5 Å². The van der Waals surface area contributed by atoms with Crippen molar-refractivity contribution >= 4 is 17.3 Å². The van der Waals surface area contributed by atoms with E-state index in [0.29, 0.717) is 17.5 Å². The van der Waals surface area contributed by atoms with Crippen LogP contribution in [0.25, 0.3) is 10.6 Å². The van der Waals surface area contributed by atoms with E-state index in [9.17, 15) is 4.79 Å². The largest absolute Gasteiger partial charge is 0.457 e. The second-order valence-corrected chi connectivity index (χ2v) is 7.87. The van der Waals surface area contributed by atoms with Crippen LogP contribution in [0.2, 0.25) is 0 Å². The zero-order valence-corrected chi connectivity index (χ0v) is 14.7. The van der Waals surface area contributed by atoms with Gasteiger partial charge in [-0.3, -0.25) is 5.10 Å². The minimum absolute atomic E-state index is 0.00664. The molecular formula is C18H23N3O2S. The predicted octanol–water partition coefficient (Wildman–Crippen LogP) is 3.52. The highest BCUT2D eigenvalue weighted by Crippen LogP contribution is 2.32. The van der Waals surface area contributed by atoms with Crippen molar-refractivity contribution < 1.29 is 9.53 Å². The molecule has 2 aromatic heterocycles. The van der Waals surface area contributed by atoms with Gasteiger partial charge in [-0.2, -0.15) is 5.10 Å². The number of carbonyl (C=O) groups is 1. The van der Waals surface area contributed by atoms with Gasteiger partial charge in [0.1, 0.15) is 11.8 Å². The van der Waals surface area contributed by atoms with Gasteiger partial charge >= 0.3 is 5.97 Å². The van der Waals surface area contributed by atoms with Crippen LogP contribution >= 0.6 is 11.3 Å². The highest BCUT2D eigenvalue weighted by molar-refractivity contribution is 7.13. The average molecular weight is 345 g/mol. The molecule has 2 aliphatic rings. The van der Waals surface area contributed by atoms with Gasteiger partial charge in [-0.1, -0.05) is 12.8 Å². The van der Waals surface area contributed by atoms with Crippen LogP contribution in [0.15, 0.2) is 17.5 Å². The molecule has 0 amide bonds. The molecule has 3 atom stereocenters. The third-order valence-electron chi connectivity index (χ3n) is 5.15. The molecule has 1 saturated heterocycles. The predicted molar refractivity (Wildman–Crippen MR) is 94.2 cm³/mol. The monoisotopic (exact) mass is 345 g/mol. The summed E-state index contributed by atoms with van der Waals surface area (Å²) in [5, 5.41) is 12.6. The number of aryl methyl sites for hydroxylation is 1. The van der Waals surface area contributed by atoms with E-state index < -0.39 is 0 Å². The maximum absolute atomic E-state index is 12.5. The van der Waals surface area contributed by atoms with Crippen LogP contribution in [-0.2, 0) is 4.74 Å². The molecular weight excluding hydrogens is 322 g/mol. The first-order valence-corrected chi connectivity index (χ1v) is 9.62. The molecule has 0 radical (unpaired) electrons. The van der Waals surface area contributed by atoms with E-state index >= 15 is 0 Å². The average Bonchev–Trinajstić information content (AvgIpc) is 3.23. The van der Waals surface area contributed by atoms with Gasteiger partial charge in [0.15, 0.2) is 0 Å². The number of hydrogen-bond donors (Lipinski definition) is 2. The first-order valence-electron chi connectivity index (χ1n) is 8.74. The molecule has 2 aromatic rings. The van der Waals surface area contributed by atoms with Crippen molar-refractivity contribution in [1.29, 1.82) is 0 Å². The van der Waals surface area contributed by atoms with Crippen LogP contribution in [0, 0.1) is 12.8 Å². The van der Waals surface area contributed by atoms with Gasteiger partial charge in [-0.05, 0) is 44.2 Å². The molecule has 2 N–H and O–H groups in total. The number of piperidine rings is 1. The summed E-state index contributed by atoms with van der Waals surface area (Å²) in [6.07, 6.45) is 6.14. The van der Waals surface area contributed by atoms with Gasteiger partial charge in [-0.15, -0.1) is 11.3 Å². The van der Waals surface area contributed by atoms with Crippen LogP contribution in [0.1, 0.15) is 48.2 Å². The Balaban J connectivity index is 1.39. The van der Waals surface area contributed by atoms with E-state index in [1.165, 1.54) is 37.0 Å². The Morgan fingerprint density at radius 3 is 3.04 bits per heavy atom. The molecule has 4 rings (SSSR count). The Bertz CT molecular complexity index is 723. The third-order valence-corrected chi connectivity index (χ3v) is 6.10. The van der Waals surface area contributed by atoms with Gasteiger partial charge in [0.05, 0.1) is 10.4 Å². The number of aromatic amines is 1. The molecule has 0 aromatic carbocycles. The summed E-state index contributed by atoms with van der Waals surface area (Å²) in [6, 6.07) is 4.49. The van der Waals surface area contributed by atoms with Gasteiger partial charge < -0.3 is 10.1 Å². The van der Waals surface area contributed by atoms with E-state index in [-0.39, 0.29) is 12.1 Å². The molecule has 5 nitrogen and oxygen atoms in total. The van der Waals surface area contributed by atoms with Crippen molar-refractivity contribution in [3.63, 3.8) is 0 Å². The van der Waals surface area contributed by atoms with Crippen molar-refractivity contribution in [3.05, 3.63) is 28.8 Å². The highest BCUT2D eigenvalue weighted by Gasteiger charge is 2.33. The van der Waals surface area contributed by atoms with Gasteiger partial charge in [-0.25, -0.2) is 4.79 Å². The molecule has 1 aliphatic heterocycles. The normalized spacial score (nSPS) is 26.8. The number of aromatic nitrogens is 2. The summed E-state index contributed by atoms with van der Waals surface area (Å²) in [4.78, 5) is 13.4. The molecule has 128 valence electrons. The van der Waals surface area contributed by atoms with E-state index in [4.69, 9.17) is 4.74 Å². The van der Waals surface area contributed by atoms with E-state index in [0.717, 1.165) is 29.2 Å². The minimum Gasteiger partial charge on any atom is -0.457 e. The van der Waals surface area contributed by atoms with Crippen molar-refractivity contribution in [2.75, 3.05) is 6.54 Å². The number of nitrogens with one attached hydrogen (secondary N) is 2. The summed E-state index contributed by atoms with van der Waals surface area (Å²) in [6.45, 7) is 2.75. The second-order valence-electron chi connectivity index (χ2n) is 6.96. The van der Waals surface area contributed by atoms with Crippen LogP contribution in [0.4, 0.5) is 0 Å². The van der Waals surface area contributed by atoms with Crippen molar-refractivity contribution in [2.45, 2.75) is 51.2 Å². The van der Waals surface area contributed by atoms with Gasteiger partial charge in [0.2, 0.25) is 0 Å². The Labute approximate surface area is 145 Å². The molecule has 3 unspecified atom stereocenters. The number of nitrogens with zero attached hydrogens (tertiary/aromatic N) is 1. The molecule has 24 heavy (non-hydrogen) atoms. The van der Waals surface area contributed by atoms with Crippen LogP contribution in [0.5, 0.6) is 0 Å². The number of H-pyrrole nitrogens is 1. The Morgan fingerprint density at radius 2 is 2.21 bits per heavy atom. The number of ether oxygens (including phenoxy) is 1. The number of rotatable bonds is 3. The summed E-state index contributed by atoms with van der Waals surface area (Å²) in [5.74, 6) is 0.446. The van der Waals surface area contributed by atoms with Crippen molar-refractivity contribution in [2.24, 2.45) is 5.92 Å². The Hall–Kier alpha value is -1.66. The maximum Gasteiger partial charge on any atom is 0.339 e. The molecule has 2 fully saturated rings. The Morgan fingerprint density at radius 1 is 1.33 bits per heavy atom. The minimum atomic E-state index is -0.217. The first-order chi connectivity index (χ1) is 11.7. The number of hydrogen-bond acceptors (Lipinski definition) is 5. The number of esters is 1. The summed E-state index contributed by atoms with van der Waals surface area (Å²) in [5.41, 5.74) is 2.51. The number of carbonyl (C=O) groups excluding carboxylic acids is 1. The second kappa shape index (κ2) is 6.69. The fraction of sp³-hybridized carbons (Fsp3) is 0.556. The molecule has 0 spiro atoms. The number of thiophene rings is 1. The summed E-state index contributed by atoms with van der Waals surface area (Å²) < 4.78 is 5.76. The topological polar surface area (TPSA) is 67.0 Å². The maximum atomic E-state index is 12.5. The zero-order chi connectivity index (χ0) is 16.5. The van der Waals surface area contributed by atoms with Gasteiger partial charge in [0.25, 0.3) is 0 Å². The lowest BCUT2D eigenvalue weighted by Gasteiger charge is -2.39. The molecule has 6 heteroatoms. The fourth-order valence-electron chi connectivity index (χ4n) is 3.89. The highest BCUT2D eigenvalue weighted by atomic mass is 32.1. The molecule has 1 aliphatic carbocycles. The first kappa shape index (κ1) is 15.8. The lowest BCUT2D eigenvalue weighted by Crippen LogP contribution is -2.50. The fourth-order valence-corrected chi connectivity index (χ4v) is 4.73. The molecule has 0 bridgehead atoms. The lowest BCUT2D eigenvalue weighted by atomic mass is 9.79.